The van der Waals surface area contributed by atoms with Gasteiger partial charge in [0.15, 0.2) is 0 Å². The molecule has 10 nitrogen and oxygen atoms in total. The Morgan fingerprint density at radius 2 is 1.75 bits per heavy atom. The third-order valence-corrected chi connectivity index (χ3v) is 5.10. The van der Waals surface area contributed by atoms with Gasteiger partial charge in [-0.05, 0) is 31.5 Å². The zero-order valence-corrected chi connectivity index (χ0v) is 17.8. The maximum Gasteiger partial charge on any atom is 0.428 e. The molecule has 0 spiro atoms. The van der Waals surface area contributed by atoms with Crippen LogP contribution in [0.25, 0.3) is 28.0 Å². The molecule has 1 aromatic carbocycles. The van der Waals surface area contributed by atoms with E-state index in [0.717, 1.165) is 28.1 Å². The normalized spacial score (nSPS) is 11.3. The van der Waals surface area contributed by atoms with Gasteiger partial charge in [0.1, 0.15) is 12.2 Å². The van der Waals surface area contributed by atoms with Gasteiger partial charge in [0.25, 0.3) is 0 Å². The van der Waals surface area contributed by atoms with Crippen molar-refractivity contribution in [1.82, 2.24) is 29.9 Å². The third-order valence-electron chi connectivity index (χ3n) is 5.10. The van der Waals surface area contributed by atoms with Crippen molar-refractivity contribution < 1.29 is 8.92 Å². The van der Waals surface area contributed by atoms with E-state index in [2.05, 4.69) is 25.2 Å². The summed E-state index contributed by atoms with van der Waals surface area (Å²) < 4.78 is 7.78. The molecule has 0 atom stereocenters. The van der Waals surface area contributed by atoms with E-state index in [4.69, 9.17) is 10.3 Å². The zero-order valence-electron chi connectivity index (χ0n) is 17.8. The van der Waals surface area contributed by atoms with Crippen molar-refractivity contribution in [2.75, 3.05) is 5.73 Å². The van der Waals surface area contributed by atoms with Gasteiger partial charge in [-0.2, -0.15) is 9.67 Å². The predicted octanol–water partition coefficient (Wildman–Crippen LogP) is 1.98. The lowest BCUT2D eigenvalue weighted by Crippen LogP contribution is -2.44. The van der Waals surface area contributed by atoms with Gasteiger partial charge >= 0.3 is 11.6 Å². The summed E-state index contributed by atoms with van der Waals surface area (Å²) in [6.07, 6.45) is 0. The lowest BCUT2D eigenvalue weighted by molar-refractivity contribution is -0.516. The number of fused-ring (bicyclic) bond motifs is 1. The Labute approximate surface area is 182 Å². The SMILES string of the molecule is Cc1cc(-c2c(-c3ccccc3)nc(N)[n+]3c(=O)n(Cc4noc(C)n4)[nH]c23)cc(C)n1. The molecule has 32 heavy (non-hydrogen) atoms. The molecule has 0 saturated carbocycles. The molecule has 0 radical (unpaired) electrons. The second kappa shape index (κ2) is 7.41. The molecule has 0 saturated heterocycles. The van der Waals surface area contributed by atoms with Crippen LogP contribution in [0.3, 0.4) is 0 Å². The largest absolute Gasteiger partial charge is 0.428 e. The van der Waals surface area contributed by atoms with E-state index in [9.17, 15) is 4.79 Å². The average molecular weight is 429 g/mol. The van der Waals surface area contributed by atoms with Gasteiger partial charge in [-0.15, -0.1) is 9.38 Å². The topological polar surface area (TPSA) is 133 Å². The summed E-state index contributed by atoms with van der Waals surface area (Å²) in [5, 5.41) is 7.07. The average Bonchev–Trinajstić information content (AvgIpc) is 3.31. The van der Waals surface area contributed by atoms with E-state index in [1.165, 1.54) is 9.08 Å². The molecule has 0 unspecified atom stereocenters. The number of benzene rings is 1. The molecule has 0 aliphatic rings. The molecule has 0 fully saturated rings. The Kier molecular flexibility index (Phi) is 4.54. The number of aryl methyl sites for hydroxylation is 3. The van der Waals surface area contributed by atoms with E-state index in [1.807, 2.05) is 56.3 Å². The van der Waals surface area contributed by atoms with Crippen LogP contribution < -0.4 is 15.8 Å². The predicted molar refractivity (Wildman–Crippen MR) is 117 cm³/mol. The number of nitrogens with zero attached hydrogens (tertiary/aromatic N) is 6. The molecule has 10 heteroatoms. The number of nitrogens with one attached hydrogen (secondary N) is 1. The Balaban J connectivity index is 1.83. The quantitative estimate of drug-likeness (QED) is 0.417. The van der Waals surface area contributed by atoms with Crippen LogP contribution in [-0.4, -0.2) is 29.9 Å². The number of hydrogen-bond donors (Lipinski definition) is 2. The van der Waals surface area contributed by atoms with Gasteiger partial charge in [0.2, 0.25) is 17.4 Å². The number of nitrogen functional groups attached to an aromatic ring is 1. The second-order valence-corrected chi connectivity index (χ2v) is 7.59. The molecular weight excluding hydrogens is 408 g/mol. The first-order valence-electron chi connectivity index (χ1n) is 10.0. The van der Waals surface area contributed by atoms with Crippen molar-refractivity contribution in [3.63, 3.8) is 0 Å². The van der Waals surface area contributed by atoms with Gasteiger partial charge < -0.3 is 10.3 Å². The van der Waals surface area contributed by atoms with Crippen molar-refractivity contribution in [2.45, 2.75) is 27.3 Å². The Morgan fingerprint density at radius 1 is 1.03 bits per heavy atom. The lowest BCUT2D eigenvalue weighted by atomic mass is 9.99. The minimum Gasteiger partial charge on any atom is -0.340 e. The van der Waals surface area contributed by atoms with Crippen molar-refractivity contribution in [3.8, 4) is 22.4 Å². The highest BCUT2D eigenvalue weighted by Gasteiger charge is 2.26. The monoisotopic (exact) mass is 429 g/mol. The molecule has 4 heterocycles. The summed E-state index contributed by atoms with van der Waals surface area (Å²) in [7, 11) is 0. The fourth-order valence-corrected chi connectivity index (χ4v) is 3.87. The van der Waals surface area contributed by atoms with Crippen molar-refractivity contribution >= 4 is 11.6 Å². The van der Waals surface area contributed by atoms with E-state index in [0.29, 0.717) is 23.1 Å². The highest BCUT2D eigenvalue weighted by Crippen LogP contribution is 2.33. The number of anilines is 1. The Morgan fingerprint density at radius 3 is 2.41 bits per heavy atom. The number of pyridine rings is 1. The number of rotatable bonds is 4. The Hall–Kier alpha value is -4.34. The number of aromatic nitrogens is 7. The van der Waals surface area contributed by atoms with E-state index < -0.39 is 0 Å². The molecule has 3 N–H and O–H groups in total. The first-order valence-corrected chi connectivity index (χ1v) is 10.0. The molecule has 4 aromatic heterocycles. The standard InChI is InChI=1S/C22H20N8O2/c1-12-9-16(10-13(2)24-12)18-19(15-7-5-4-6-8-15)26-21(23)30-20(18)27-29(22(30)31)11-17-25-14(3)32-28-17/h4-10H,11H2,1-3H3,(H2,23,24,26,27)/p+1. The van der Waals surface area contributed by atoms with Gasteiger partial charge in [-0.1, -0.05) is 35.5 Å². The lowest BCUT2D eigenvalue weighted by Gasteiger charge is -2.10. The summed E-state index contributed by atoms with van der Waals surface area (Å²) >= 11 is 0. The molecule has 0 bridgehead atoms. The molecule has 0 aliphatic heterocycles. The third kappa shape index (κ3) is 3.31. The maximum absolute atomic E-state index is 13.2. The molecule has 5 rings (SSSR count). The first-order chi connectivity index (χ1) is 15.4. The van der Waals surface area contributed by atoms with E-state index >= 15 is 0 Å². The number of hydrogen-bond acceptors (Lipinski definition) is 7. The summed E-state index contributed by atoms with van der Waals surface area (Å²) in [5.41, 5.74) is 11.3. The molecule has 160 valence electrons. The molecule has 0 amide bonds. The zero-order chi connectivity index (χ0) is 22.4. The van der Waals surface area contributed by atoms with Crippen LogP contribution in [0.2, 0.25) is 0 Å². The van der Waals surface area contributed by atoms with E-state index in [-0.39, 0.29) is 18.2 Å². The second-order valence-electron chi connectivity index (χ2n) is 7.59. The van der Waals surface area contributed by atoms with Crippen LogP contribution in [0.15, 0.2) is 51.8 Å². The van der Waals surface area contributed by atoms with Gasteiger partial charge in [0.05, 0.1) is 5.56 Å². The van der Waals surface area contributed by atoms with Crippen LogP contribution in [0.1, 0.15) is 23.1 Å². The summed E-state index contributed by atoms with van der Waals surface area (Å²) in [4.78, 5) is 26.5. The van der Waals surface area contributed by atoms with Crippen molar-refractivity contribution in [3.05, 3.63) is 76.1 Å². The van der Waals surface area contributed by atoms with Crippen molar-refractivity contribution in [1.29, 1.82) is 0 Å². The molecule has 0 aliphatic carbocycles. The van der Waals surface area contributed by atoms with Crippen LogP contribution in [-0.2, 0) is 6.54 Å². The van der Waals surface area contributed by atoms with Gasteiger partial charge in [-0.3, -0.25) is 4.98 Å². The Bertz CT molecular complexity index is 1490. The van der Waals surface area contributed by atoms with Gasteiger partial charge in [-0.25, -0.2) is 9.89 Å². The smallest absolute Gasteiger partial charge is 0.340 e. The minimum atomic E-state index is -0.379. The van der Waals surface area contributed by atoms with Crippen LogP contribution in [0, 0.1) is 20.8 Å². The fourth-order valence-electron chi connectivity index (χ4n) is 3.87. The summed E-state index contributed by atoms with van der Waals surface area (Å²) in [5.74, 6) is 0.880. The van der Waals surface area contributed by atoms with Crippen LogP contribution >= 0.6 is 0 Å². The van der Waals surface area contributed by atoms with Crippen LogP contribution in [0.4, 0.5) is 5.95 Å². The maximum atomic E-state index is 13.2. The molecule has 5 aromatic rings. The van der Waals surface area contributed by atoms with Gasteiger partial charge in [0, 0.05) is 23.9 Å². The number of nitrogens with two attached hydrogens (primary N) is 1. The highest BCUT2D eigenvalue weighted by molar-refractivity contribution is 5.88. The fraction of sp³-hybridized carbons (Fsp3) is 0.182. The highest BCUT2D eigenvalue weighted by atomic mass is 16.5. The summed E-state index contributed by atoms with van der Waals surface area (Å²) in [6, 6.07) is 13.6. The number of H-pyrrole nitrogens is 1. The number of aromatic amines is 1. The minimum absolute atomic E-state index is 0.0781. The summed E-state index contributed by atoms with van der Waals surface area (Å²) in [6.45, 7) is 5.66. The van der Waals surface area contributed by atoms with Crippen LogP contribution in [0.5, 0.6) is 0 Å². The molecular formula is C22H21N8O2+. The van der Waals surface area contributed by atoms with Crippen molar-refractivity contribution in [2.24, 2.45) is 0 Å². The van der Waals surface area contributed by atoms with E-state index in [1.54, 1.807) is 6.92 Å². The first kappa shape index (κ1) is 19.6.